The van der Waals surface area contributed by atoms with Crippen LogP contribution in [0.4, 0.5) is 0 Å². The fourth-order valence-electron chi connectivity index (χ4n) is 2.36. The van der Waals surface area contributed by atoms with Gasteiger partial charge in [-0.1, -0.05) is 23.7 Å². The topological polar surface area (TPSA) is 80.0 Å². The van der Waals surface area contributed by atoms with Gasteiger partial charge in [0.25, 0.3) is 5.56 Å². The fourth-order valence-corrected chi connectivity index (χ4v) is 2.49. The lowest BCUT2D eigenvalue weighted by Gasteiger charge is -2.03. The maximum Gasteiger partial charge on any atom is 0.331 e. The summed E-state index contributed by atoms with van der Waals surface area (Å²) in [6.07, 6.45) is 0. The van der Waals surface area contributed by atoms with E-state index in [2.05, 4.69) is 4.98 Å². The van der Waals surface area contributed by atoms with Gasteiger partial charge in [0.2, 0.25) is 0 Å². The zero-order valence-corrected chi connectivity index (χ0v) is 12.1. The summed E-state index contributed by atoms with van der Waals surface area (Å²) in [5, 5.41) is 10.9. The highest BCUT2D eigenvalue weighted by atomic mass is 35.5. The number of hydrogen-bond acceptors (Lipinski definition) is 3. The summed E-state index contributed by atoms with van der Waals surface area (Å²) in [5.74, 6) is -0.135. The van der Waals surface area contributed by atoms with Gasteiger partial charge in [-0.15, -0.1) is 0 Å². The van der Waals surface area contributed by atoms with E-state index in [0.717, 1.165) is 4.57 Å². The molecule has 108 valence electrons. The molecule has 0 spiro atoms. The van der Waals surface area contributed by atoms with E-state index in [0.29, 0.717) is 16.3 Å². The van der Waals surface area contributed by atoms with Crippen LogP contribution in [0.25, 0.3) is 22.3 Å². The zero-order valence-electron chi connectivity index (χ0n) is 11.3. The average molecular weight is 306 g/mol. The molecular formula is C14H12ClN3O3. The largest absolute Gasteiger partial charge is 0.504 e. The number of aromatic amines is 1. The highest BCUT2D eigenvalue weighted by Gasteiger charge is 2.19. The number of halogens is 1. The van der Waals surface area contributed by atoms with Crippen molar-refractivity contribution in [3.63, 3.8) is 0 Å². The van der Waals surface area contributed by atoms with Gasteiger partial charge in [0.15, 0.2) is 5.75 Å². The molecule has 0 bridgehead atoms. The Morgan fingerprint density at radius 1 is 1.10 bits per heavy atom. The van der Waals surface area contributed by atoms with Crippen LogP contribution in [-0.2, 0) is 14.1 Å². The minimum Gasteiger partial charge on any atom is -0.504 e. The fraction of sp³-hybridized carbons (Fsp3) is 0.143. The second-order valence-corrected chi connectivity index (χ2v) is 5.22. The molecule has 21 heavy (non-hydrogen) atoms. The van der Waals surface area contributed by atoms with Crippen molar-refractivity contribution in [3.8, 4) is 17.0 Å². The molecule has 2 heterocycles. The molecule has 3 aromatic rings. The van der Waals surface area contributed by atoms with E-state index in [4.69, 9.17) is 11.6 Å². The predicted octanol–water partition coefficient (Wildman–Crippen LogP) is 1.59. The summed E-state index contributed by atoms with van der Waals surface area (Å²) in [6.45, 7) is 0. The van der Waals surface area contributed by atoms with E-state index in [1.165, 1.54) is 18.7 Å². The molecule has 2 N–H and O–H groups in total. The van der Waals surface area contributed by atoms with Crippen molar-refractivity contribution in [1.29, 1.82) is 0 Å². The Labute approximate surface area is 123 Å². The third-order valence-corrected chi connectivity index (χ3v) is 3.76. The lowest BCUT2D eigenvalue weighted by molar-refractivity contribution is 0.480. The SMILES string of the molecule is Cn1c(=O)c2[nH]c(-c3ccc(Cl)cc3)c(O)c2n(C)c1=O. The van der Waals surface area contributed by atoms with Crippen molar-refractivity contribution < 1.29 is 5.11 Å². The number of fused-ring (bicyclic) bond motifs is 1. The maximum absolute atomic E-state index is 12.1. The molecule has 0 amide bonds. The van der Waals surface area contributed by atoms with E-state index < -0.39 is 11.2 Å². The molecule has 0 unspecified atom stereocenters. The molecule has 6 nitrogen and oxygen atoms in total. The van der Waals surface area contributed by atoms with Gasteiger partial charge >= 0.3 is 5.69 Å². The Hall–Kier alpha value is -2.47. The molecule has 0 aliphatic carbocycles. The van der Waals surface area contributed by atoms with Gasteiger partial charge in [0.1, 0.15) is 11.0 Å². The van der Waals surface area contributed by atoms with Crippen molar-refractivity contribution in [1.82, 2.24) is 14.1 Å². The van der Waals surface area contributed by atoms with Crippen molar-refractivity contribution in [3.05, 3.63) is 50.1 Å². The monoisotopic (exact) mass is 305 g/mol. The third-order valence-electron chi connectivity index (χ3n) is 3.51. The Kier molecular flexibility index (Phi) is 2.91. The smallest absolute Gasteiger partial charge is 0.331 e. The quantitative estimate of drug-likeness (QED) is 0.716. The van der Waals surface area contributed by atoms with Crippen LogP contribution in [0, 0.1) is 0 Å². The molecule has 0 fully saturated rings. The van der Waals surface area contributed by atoms with E-state index in [-0.39, 0.29) is 16.8 Å². The summed E-state index contributed by atoms with van der Waals surface area (Å²) in [7, 11) is 2.90. The van der Waals surface area contributed by atoms with Crippen molar-refractivity contribution in [2.45, 2.75) is 0 Å². The number of nitrogens with zero attached hydrogens (tertiary/aromatic N) is 2. The van der Waals surface area contributed by atoms with Gasteiger partial charge in [-0.25, -0.2) is 4.79 Å². The van der Waals surface area contributed by atoms with Gasteiger partial charge < -0.3 is 10.1 Å². The van der Waals surface area contributed by atoms with Gasteiger partial charge in [-0.3, -0.25) is 13.9 Å². The van der Waals surface area contributed by atoms with Crippen LogP contribution >= 0.6 is 11.6 Å². The first-order chi connectivity index (χ1) is 9.91. The molecule has 1 aromatic carbocycles. The van der Waals surface area contributed by atoms with E-state index in [9.17, 15) is 14.7 Å². The normalized spacial score (nSPS) is 11.2. The van der Waals surface area contributed by atoms with Gasteiger partial charge in [-0.05, 0) is 12.1 Å². The predicted molar refractivity (Wildman–Crippen MR) is 80.9 cm³/mol. The van der Waals surface area contributed by atoms with Gasteiger partial charge in [0, 0.05) is 24.7 Å². The standard InChI is InChI=1S/C14H12ClN3O3/c1-17-11-10(13(20)18(2)14(17)21)16-9(12(11)19)7-3-5-8(15)6-4-7/h3-6,16,19H,1-2H3. The molecule has 0 radical (unpaired) electrons. The molecule has 0 saturated heterocycles. The van der Waals surface area contributed by atoms with Crippen LogP contribution in [0.1, 0.15) is 0 Å². The minimum atomic E-state index is -0.496. The third kappa shape index (κ3) is 1.87. The number of aromatic hydroxyl groups is 1. The number of aryl methyl sites for hydroxylation is 1. The maximum atomic E-state index is 12.1. The van der Waals surface area contributed by atoms with Crippen LogP contribution in [0.5, 0.6) is 5.75 Å². The molecule has 7 heteroatoms. The van der Waals surface area contributed by atoms with E-state index in [1.807, 2.05) is 0 Å². The second-order valence-electron chi connectivity index (χ2n) is 4.78. The number of rotatable bonds is 1. The summed E-state index contributed by atoms with van der Waals surface area (Å²) in [6, 6.07) is 6.79. The van der Waals surface area contributed by atoms with Gasteiger partial charge in [0.05, 0.1) is 5.69 Å². The summed E-state index contributed by atoms with van der Waals surface area (Å²) < 4.78 is 2.23. The van der Waals surface area contributed by atoms with Crippen LogP contribution in [0.2, 0.25) is 5.02 Å². The number of benzene rings is 1. The molecule has 0 atom stereocenters. The number of aromatic nitrogens is 3. The van der Waals surface area contributed by atoms with E-state index in [1.54, 1.807) is 24.3 Å². The zero-order chi connectivity index (χ0) is 15.3. The Bertz CT molecular complexity index is 964. The first-order valence-electron chi connectivity index (χ1n) is 6.18. The van der Waals surface area contributed by atoms with Crippen molar-refractivity contribution in [2.24, 2.45) is 14.1 Å². The Morgan fingerprint density at radius 2 is 1.71 bits per heavy atom. The number of H-pyrrole nitrogens is 1. The van der Waals surface area contributed by atoms with Crippen molar-refractivity contribution >= 4 is 22.6 Å². The highest BCUT2D eigenvalue weighted by Crippen LogP contribution is 2.34. The first kappa shape index (κ1) is 13.5. The van der Waals surface area contributed by atoms with E-state index >= 15 is 0 Å². The average Bonchev–Trinajstić information content (AvgIpc) is 2.81. The molecule has 0 saturated carbocycles. The minimum absolute atomic E-state index is 0.135. The lowest BCUT2D eigenvalue weighted by Crippen LogP contribution is -2.36. The van der Waals surface area contributed by atoms with Crippen molar-refractivity contribution in [2.75, 3.05) is 0 Å². The first-order valence-corrected chi connectivity index (χ1v) is 6.56. The second kappa shape index (κ2) is 4.53. The Balaban J connectivity index is 2.43. The molecule has 0 aliphatic heterocycles. The number of hydrogen-bond donors (Lipinski definition) is 2. The lowest BCUT2D eigenvalue weighted by atomic mass is 10.1. The van der Waals surface area contributed by atoms with Crippen LogP contribution in [0.15, 0.2) is 33.9 Å². The van der Waals surface area contributed by atoms with Crippen LogP contribution in [-0.4, -0.2) is 19.2 Å². The van der Waals surface area contributed by atoms with Crippen LogP contribution < -0.4 is 11.2 Å². The summed E-state index contributed by atoms with van der Waals surface area (Å²) in [4.78, 5) is 27.0. The number of nitrogens with one attached hydrogen (secondary N) is 1. The molecule has 2 aromatic heterocycles. The molecule has 0 aliphatic rings. The Morgan fingerprint density at radius 3 is 2.33 bits per heavy atom. The molecule has 3 rings (SSSR count). The highest BCUT2D eigenvalue weighted by molar-refractivity contribution is 6.30. The van der Waals surface area contributed by atoms with Crippen LogP contribution in [0.3, 0.4) is 0 Å². The van der Waals surface area contributed by atoms with Gasteiger partial charge in [-0.2, -0.15) is 0 Å². The summed E-state index contributed by atoms with van der Waals surface area (Å²) in [5.41, 5.74) is 0.436. The summed E-state index contributed by atoms with van der Waals surface area (Å²) >= 11 is 5.84. The molecular weight excluding hydrogens is 294 g/mol.